The Hall–Kier alpha value is -1.80. The Balaban J connectivity index is 1.44. The van der Waals surface area contributed by atoms with Gasteiger partial charge in [0.2, 0.25) is 10.0 Å². The van der Waals surface area contributed by atoms with Crippen molar-refractivity contribution in [2.75, 3.05) is 32.5 Å². The van der Waals surface area contributed by atoms with Gasteiger partial charge in [-0.2, -0.15) is 4.31 Å². The molecule has 2 heterocycles. The first-order chi connectivity index (χ1) is 15.3. The van der Waals surface area contributed by atoms with Crippen LogP contribution in [0.2, 0.25) is 0 Å². The molecule has 0 amide bonds. The van der Waals surface area contributed by atoms with Crippen molar-refractivity contribution in [2.45, 2.75) is 50.8 Å². The minimum atomic E-state index is -3.22. The second-order valence-electron chi connectivity index (χ2n) is 9.06. The Kier molecular flexibility index (Phi) is 7.00. The van der Waals surface area contributed by atoms with Crippen molar-refractivity contribution < 1.29 is 17.5 Å². The van der Waals surface area contributed by atoms with Crippen LogP contribution >= 0.6 is 0 Å². The highest BCUT2D eigenvalue weighted by Crippen LogP contribution is 2.38. The zero-order valence-corrected chi connectivity index (χ0v) is 19.8. The van der Waals surface area contributed by atoms with Gasteiger partial charge in [0.25, 0.3) is 0 Å². The zero-order valence-electron chi connectivity index (χ0n) is 19.0. The van der Waals surface area contributed by atoms with Crippen molar-refractivity contribution >= 4 is 10.0 Å². The summed E-state index contributed by atoms with van der Waals surface area (Å²) in [6.07, 6.45) is 4.57. The van der Waals surface area contributed by atoms with Crippen molar-refractivity contribution in [1.82, 2.24) is 9.21 Å². The summed E-state index contributed by atoms with van der Waals surface area (Å²) >= 11 is 0. The Bertz CT molecular complexity index is 1030. The molecule has 2 fully saturated rings. The maximum Gasteiger partial charge on any atom is 0.211 e. The van der Waals surface area contributed by atoms with Crippen LogP contribution in [0, 0.1) is 5.82 Å². The highest BCUT2D eigenvalue weighted by Gasteiger charge is 2.43. The molecule has 2 aliphatic rings. The molecule has 0 unspecified atom stereocenters. The fraction of sp³-hybridized carbons (Fsp3) is 0.520. The Morgan fingerprint density at radius 2 is 1.75 bits per heavy atom. The van der Waals surface area contributed by atoms with E-state index < -0.39 is 10.0 Å². The van der Waals surface area contributed by atoms with Gasteiger partial charge in [0.05, 0.1) is 11.9 Å². The van der Waals surface area contributed by atoms with Gasteiger partial charge in [-0.15, -0.1) is 0 Å². The van der Waals surface area contributed by atoms with E-state index >= 15 is 0 Å². The molecular weight excluding hydrogens is 427 g/mol. The van der Waals surface area contributed by atoms with Gasteiger partial charge < -0.3 is 4.74 Å². The summed E-state index contributed by atoms with van der Waals surface area (Å²) in [5.41, 5.74) is 2.44. The van der Waals surface area contributed by atoms with Gasteiger partial charge in [0.1, 0.15) is 5.82 Å². The third-order valence-electron chi connectivity index (χ3n) is 6.95. The van der Waals surface area contributed by atoms with E-state index in [9.17, 15) is 12.8 Å². The number of nitrogens with zero attached hydrogens (tertiary/aromatic N) is 2. The third kappa shape index (κ3) is 5.06. The summed E-state index contributed by atoms with van der Waals surface area (Å²) in [6.45, 7) is 5.52. The molecule has 5 nitrogen and oxygen atoms in total. The molecule has 1 atom stereocenters. The van der Waals surface area contributed by atoms with Crippen molar-refractivity contribution in [2.24, 2.45) is 0 Å². The van der Waals surface area contributed by atoms with Crippen molar-refractivity contribution in [3.8, 4) is 11.1 Å². The molecule has 174 valence electrons. The number of benzene rings is 2. The van der Waals surface area contributed by atoms with E-state index in [1.54, 1.807) is 10.4 Å². The molecule has 2 aromatic carbocycles. The predicted molar refractivity (Wildman–Crippen MR) is 125 cm³/mol. The first-order valence-electron chi connectivity index (χ1n) is 11.5. The molecule has 0 N–H and O–H groups in total. The molecule has 0 aromatic heterocycles. The molecule has 0 radical (unpaired) electrons. The van der Waals surface area contributed by atoms with Gasteiger partial charge in [-0.05, 0) is 42.9 Å². The molecule has 0 aliphatic carbocycles. The van der Waals surface area contributed by atoms with Gasteiger partial charge in [0.15, 0.2) is 0 Å². The Labute approximate surface area is 191 Å². The van der Waals surface area contributed by atoms with Gasteiger partial charge >= 0.3 is 0 Å². The first kappa shape index (κ1) is 23.4. The average molecular weight is 461 g/mol. The molecule has 0 saturated carbocycles. The van der Waals surface area contributed by atoms with E-state index in [2.05, 4.69) is 11.0 Å². The molecule has 1 spiro atoms. The minimum absolute atomic E-state index is 0.0112. The summed E-state index contributed by atoms with van der Waals surface area (Å²) in [6, 6.07) is 14.9. The number of ether oxygens (including phenoxy) is 1. The summed E-state index contributed by atoms with van der Waals surface area (Å²) in [5.74, 6) is -0.203. The molecule has 2 aromatic rings. The van der Waals surface area contributed by atoms with E-state index in [1.807, 2.05) is 37.3 Å². The van der Waals surface area contributed by atoms with E-state index in [0.717, 1.165) is 56.4 Å². The van der Waals surface area contributed by atoms with Crippen LogP contribution in [0.15, 0.2) is 48.5 Å². The number of hydrogen-bond donors (Lipinski definition) is 0. The summed E-state index contributed by atoms with van der Waals surface area (Å²) in [4.78, 5) is 2.39. The molecule has 2 saturated heterocycles. The molecule has 0 bridgehead atoms. The standard InChI is InChI=1S/C25H33FN2O3S/c1-3-28(32(2,29)30)21-12-17-31-25(18-21)13-15-27(16-14-25)19-20-8-4-5-9-22(20)23-10-6-7-11-24(23)26/h4-11,21H,3,12-19H2,1-2H3/t21-/m1/s1. The normalized spacial score (nSPS) is 21.8. The Morgan fingerprint density at radius 3 is 2.41 bits per heavy atom. The highest BCUT2D eigenvalue weighted by atomic mass is 32.2. The molecular formula is C25H33FN2O3S. The lowest BCUT2D eigenvalue weighted by Crippen LogP contribution is -2.54. The molecule has 2 aliphatic heterocycles. The van der Waals surface area contributed by atoms with Crippen molar-refractivity contribution in [3.05, 3.63) is 59.9 Å². The maximum atomic E-state index is 14.4. The number of halogens is 1. The number of likely N-dealkylation sites (tertiary alicyclic amines) is 1. The predicted octanol–water partition coefficient (Wildman–Crippen LogP) is 4.29. The number of rotatable bonds is 6. The van der Waals surface area contributed by atoms with Crippen LogP contribution in [0.25, 0.3) is 11.1 Å². The minimum Gasteiger partial charge on any atom is -0.375 e. The van der Waals surface area contributed by atoms with Gasteiger partial charge in [-0.1, -0.05) is 49.4 Å². The smallest absolute Gasteiger partial charge is 0.211 e. The lowest BCUT2D eigenvalue weighted by molar-refractivity contribution is -0.127. The zero-order chi connectivity index (χ0) is 22.8. The average Bonchev–Trinajstić information content (AvgIpc) is 2.76. The van der Waals surface area contributed by atoms with Crippen LogP contribution in [-0.2, 0) is 21.3 Å². The van der Waals surface area contributed by atoms with E-state index in [1.165, 1.54) is 12.3 Å². The van der Waals surface area contributed by atoms with Gasteiger partial charge in [-0.25, -0.2) is 12.8 Å². The summed E-state index contributed by atoms with van der Waals surface area (Å²) < 4.78 is 46.7. The third-order valence-corrected chi connectivity index (χ3v) is 8.36. The highest BCUT2D eigenvalue weighted by molar-refractivity contribution is 7.88. The number of hydrogen-bond acceptors (Lipinski definition) is 4. The summed E-state index contributed by atoms with van der Waals surface area (Å²) in [5, 5.41) is 0. The largest absolute Gasteiger partial charge is 0.375 e. The second-order valence-corrected chi connectivity index (χ2v) is 11.0. The monoisotopic (exact) mass is 460 g/mol. The number of sulfonamides is 1. The van der Waals surface area contributed by atoms with Crippen LogP contribution in [0.3, 0.4) is 0 Å². The Morgan fingerprint density at radius 1 is 1.09 bits per heavy atom. The lowest BCUT2D eigenvalue weighted by atomic mass is 9.82. The SMILES string of the molecule is CCN([C@@H]1CCOC2(CCN(Cc3ccccc3-c3ccccc3F)CC2)C1)S(C)(=O)=O. The number of piperidine rings is 1. The van der Waals surface area contributed by atoms with Crippen molar-refractivity contribution in [1.29, 1.82) is 0 Å². The van der Waals surface area contributed by atoms with Crippen LogP contribution in [-0.4, -0.2) is 61.8 Å². The fourth-order valence-corrected chi connectivity index (χ4v) is 6.51. The van der Waals surface area contributed by atoms with Crippen molar-refractivity contribution in [3.63, 3.8) is 0 Å². The second kappa shape index (κ2) is 9.59. The topological polar surface area (TPSA) is 49.9 Å². The quantitative estimate of drug-likeness (QED) is 0.645. The van der Waals surface area contributed by atoms with Gasteiger partial charge in [-0.3, -0.25) is 4.90 Å². The van der Waals surface area contributed by atoms with E-state index in [-0.39, 0.29) is 17.5 Å². The lowest BCUT2D eigenvalue weighted by Gasteiger charge is -2.48. The van der Waals surface area contributed by atoms with Crippen LogP contribution in [0.5, 0.6) is 0 Å². The summed E-state index contributed by atoms with van der Waals surface area (Å²) in [7, 11) is -3.22. The van der Waals surface area contributed by atoms with Crippen LogP contribution < -0.4 is 0 Å². The van der Waals surface area contributed by atoms with Crippen LogP contribution in [0.1, 0.15) is 38.2 Å². The van der Waals surface area contributed by atoms with E-state index in [0.29, 0.717) is 18.7 Å². The van der Waals surface area contributed by atoms with E-state index in [4.69, 9.17) is 4.74 Å². The molecule has 32 heavy (non-hydrogen) atoms. The maximum absolute atomic E-state index is 14.4. The van der Waals surface area contributed by atoms with Gasteiger partial charge in [0, 0.05) is 44.4 Å². The molecule has 4 rings (SSSR count). The molecule has 7 heteroatoms. The van der Waals surface area contributed by atoms with Crippen LogP contribution in [0.4, 0.5) is 4.39 Å². The fourth-order valence-electron chi connectivity index (χ4n) is 5.32. The first-order valence-corrected chi connectivity index (χ1v) is 13.3.